The first-order chi connectivity index (χ1) is 10.1. The molecular weight excluding hydrogens is 286 g/mol. The molecule has 0 spiro atoms. The Balaban J connectivity index is 2.41. The number of Topliss-reactive ketones (excluding diaryl/α,β-unsaturated/α-hetero) is 1. The van der Waals surface area contributed by atoms with Crippen LogP contribution in [0.25, 0.3) is 6.08 Å². The average molecular weight is 301 g/mol. The maximum Gasteiger partial charge on any atom is 0.342 e. The summed E-state index contributed by atoms with van der Waals surface area (Å²) in [5.41, 5.74) is 1.67. The van der Waals surface area contributed by atoms with Gasteiger partial charge in [0.05, 0.1) is 11.5 Å². The minimum atomic E-state index is -0.614. The third kappa shape index (κ3) is 3.86. The molecule has 0 N–H and O–H groups in total. The highest BCUT2D eigenvalue weighted by Crippen LogP contribution is 2.18. The molecule has 0 aliphatic rings. The highest BCUT2D eigenvalue weighted by molar-refractivity contribution is 7.12. The number of carbonyl (C=O) groups excluding carboxylic acids is 2. The van der Waals surface area contributed by atoms with Crippen LogP contribution in [0.1, 0.15) is 27.7 Å². The number of thiophene rings is 1. The maximum atomic E-state index is 12.4. The van der Waals surface area contributed by atoms with Gasteiger partial charge in [-0.05, 0) is 48.6 Å². The van der Waals surface area contributed by atoms with Crippen LogP contribution in [0, 0.1) is 6.92 Å². The van der Waals surface area contributed by atoms with Crippen LogP contribution in [0.5, 0.6) is 0 Å². The van der Waals surface area contributed by atoms with Crippen LogP contribution in [0.2, 0.25) is 0 Å². The standard InChI is InChI=1S/C16H15NO3S/c1-3-20-16(19)13(15(18)14-5-4-6-21-14)8-12-7-11(2)9-17-10-12/h4-10H,3H2,1-2H3/b13-8-. The topological polar surface area (TPSA) is 56.3 Å². The first kappa shape index (κ1) is 15.1. The van der Waals surface area contributed by atoms with Gasteiger partial charge in [0.1, 0.15) is 5.57 Å². The number of aryl methyl sites for hydroxylation is 1. The van der Waals surface area contributed by atoms with Gasteiger partial charge in [-0.1, -0.05) is 6.07 Å². The third-order valence-electron chi connectivity index (χ3n) is 2.69. The molecule has 0 amide bonds. The van der Waals surface area contributed by atoms with Crippen LogP contribution >= 0.6 is 11.3 Å². The molecule has 0 saturated heterocycles. The zero-order valence-corrected chi connectivity index (χ0v) is 12.6. The van der Waals surface area contributed by atoms with Gasteiger partial charge in [0.25, 0.3) is 0 Å². The number of pyridine rings is 1. The number of ether oxygens (including phenoxy) is 1. The van der Waals surface area contributed by atoms with Crippen molar-refractivity contribution in [1.29, 1.82) is 0 Å². The Morgan fingerprint density at radius 3 is 2.81 bits per heavy atom. The van der Waals surface area contributed by atoms with Crippen molar-refractivity contribution in [1.82, 2.24) is 4.98 Å². The molecule has 0 saturated carbocycles. The van der Waals surface area contributed by atoms with Gasteiger partial charge in [0.15, 0.2) is 0 Å². The Bertz CT molecular complexity index is 675. The van der Waals surface area contributed by atoms with Crippen molar-refractivity contribution in [3.8, 4) is 0 Å². The first-order valence-electron chi connectivity index (χ1n) is 6.50. The minimum absolute atomic E-state index is 0.0201. The van der Waals surface area contributed by atoms with Crippen LogP contribution in [0.4, 0.5) is 0 Å². The van der Waals surface area contributed by atoms with Gasteiger partial charge in [-0.2, -0.15) is 0 Å². The van der Waals surface area contributed by atoms with E-state index in [1.54, 1.807) is 36.8 Å². The highest BCUT2D eigenvalue weighted by Gasteiger charge is 2.21. The van der Waals surface area contributed by atoms with Gasteiger partial charge in [-0.15, -0.1) is 11.3 Å². The van der Waals surface area contributed by atoms with Crippen LogP contribution < -0.4 is 0 Å². The zero-order chi connectivity index (χ0) is 15.2. The van der Waals surface area contributed by atoms with Crippen LogP contribution in [-0.2, 0) is 9.53 Å². The molecule has 5 heteroatoms. The molecule has 0 aromatic carbocycles. The summed E-state index contributed by atoms with van der Waals surface area (Å²) in [6.07, 6.45) is 4.84. The summed E-state index contributed by atoms with van der Waals surface area (Å²) >= 11 is 1.29. The van der Waals surface area contributed by atoms with Gasteiger partial charge in [0, 0.05) is 12.4 Å². The molecule has 2 aromatic heterocycles. The SMILES string of the molecule is CCOC(=O)/C(=C\c1cncc(C)c1)C(=O)c1cccs1. The van der Waals surface area contributed by atoms with Crippen LogP contribution in [-0.4, -0.2) is 23.3 Å². The quantitative estimate of drug-likeness (QED) is 0.279. The fourth-order valence-corrected chi connectivity index (χ4v) is 2.47. The van der Waals surface area contributed by atoms with E-state index in [9.17, 15) is 9.59 Å². The second kappa shape index (κ2) is 6.95. The number of hydrogen-bond acceptors (Lipinski definition) is 5. The summed E-state index contributed by atoms with van der Waals surface area (Å²) in [6.45, 7) is 3.83. The van der Waals surface area contributed by atoms with Crippen molar-refractivity contribution in [3.05, 3.63) is 57.6 Å². The predicted octanol–water partition coefficient (Wildman–Crippen LogP) is 3.28. The zero-order valence-electron chi connectivity index (χ0n) is 11.8. The van der Waals surface area contributed by atoms with E-state index >= 15 is 0 Å². The molecule has 21 heavy (non-hydrogen) atoms. The van der Waals surface area contributed by atoms with Gasteiger partial charge in [-0.3, -0.25) is 9.78 Å². The lowest BCUT2D eigenvalue weighted by Gasteiger charge is -2.05. The lowest BCUT2D eigenvalue weighted by Crippen LogP contribution is -2.15. The summed E-state index contributed by atoms with van der Waals surface area (Å²) < 4.78 is 4.98. The fraction of sp³-hybridized carbons (Fsp3) is 0.188. The maximum absolute atomic E-state index is 12.4. The van der Waals surface area contributed by atoms with E-state index in [0.29, 0.717) is 10.4 Å². The number of aromatic nitrogens is 1. The molecule has 0 atom stereocenters. The summed E-state index contributed by atoms with van der Waals surface area (Å²) in [5, 5.41) is 1.80. The van der Waals surface area contributed by atoms with Crippen molar-refractivity contribution in [2.75, 3.05) is 6.61 Å². The van der Waals surface area contributed by atoms with E-state index in [2.05, 4.69) is 4.98 Å². The van der Waals surface area contributed by atoms with E-state index in [-0.39, 0.29) is 18.0 Å². The van der Waals surface area contributed by atoms with Gasteiger partial charge in [-0.25, -0.2) is 4.79 Å². The van der Waals surface area contributed by atoms with E-state index in [4.69, 9.17) is 4.74 Å². The second-order valence-electron chi connectivity index (χ2n) is 4.38. The monoisotopic (exact) mass is 301 g/mol. The van der Waals surface area contributed by atoms with Gasteiger partial charge >= 0.3 is 5.97 Å². The number of ketones is 1. The van der Waals surface area contributed by atoms with Crippen LogP contribution in [0.3, 0.4) is 0 Å². The number of hydrogen-bond donors (Lipinski definition) is 0. The van der Waals surface area contributed by atoms with Crippen molar-refractivity contribution in [3.63, 3.8) is 0 Å². The van der Waals surface area contributed by atoms with E-state index in [1.807, 2.05) is 13.0 Å². The largest absolute Gasteiger partial charge is 0.462 e. The molecule has 4 nitrogen and oxygen atoms in total. The van der Waals surface area contributed by atoms with Crippen molar-refractivity contribution in [2.45, 2.75) is 13.8 Å². The molecule has 0 fully saturated rings. The molecule has 0 radical (unpaired) electrons. The summed E-state index contributed by atoms with van der Waals surface area (Å²) in [6, 6.07) is 5.32. The van der Waals surface area contributed by atoms with Gasteiger partial charge in [0.2, 0.25) is 5.78 Å². The number of esters is 1. The Morgan fingerprint density at radius 2 is 2.19 bits per heavy atom. The summed E-state index contributed by atoms with van der Waals surface area (Å²) in [5.74, 6) is -0.942. The van der Waals surface area contributed by atoms with Crippen molar-refractivity contribution < 1.29 is 14.3 Å². The average Bonchev–Trinajstić information content (AvgIpc) is 2.98. The number of rotatable bonds is 5. The summed E-state index contributed by atoms with van der Waals surface area (Å²) in [7, 11) is 0. The van der Waals surface area contributed by atoms with E-state index in [0.717, 1.165) is 5.56 Å². The molecular formula is C16H15NO3S. The van der Waals surface area contributed by atoms with Gasteiger partial charge < -0.3 is 4.74 Å². The van der Waals surface area contributed by atoms with Crippen molar-refractivity contribution >= 4 is 29.2 Å². The molecule has 0 aliphatic heterocycles. The van der Waals surface area contributed by atoms with Crippen LogP contribution in [0.15, 0.2) is 41.5 Å². The fourth-order valence-electron chi connectivity index (χ4n) is 1.79. The van der Waals surface area contributed by atoms with E-state index < -0.39 is 5.97 Å². The molecule has 108 valence electrons. The van der Waals surface area contributed by atoms with E-state index in [1.165, 1.54) is 17.4 Å². The lowest BCUT2D eigenvalue weighted by atomic mass is 10.1. The highest BCUT2D eigenvalue weighted by atomic mass is 32.1. The number of nitrogens with zero attached hydrogens (tertiary/aromatic N) is 1. The Labute approximate surface area is 127 Å². The molecule has 2 heterocycles. The smallest absolute Gasteiger partial charge is 0.342 e. The molecule has 0 aliphatic carbocycles. The Hall–Kier alpha value is -2.27. The summed E-state index contributed by atoms with van der Waals surface area (Å²) in [4.78, 5) is 29.0. The molecule has 0 bridgehead atoms. The Morgan fingerprint density at radius 1 is 1.38 bits per heavy atom. The first-order valence-corrected chi connectivity index (χ1v) is 7.38. The molecule has 0 unspecified atom stereocenters. The predicted molar refractivity (Wildman–Crippen MR) is 82.2 cm³/mol. The normalized spacial score (nSPS) is 11.2. The molecule has 2 rings (SSSR count). The lowest BCUT2D eigenvalue weighted by molar-refractivity contribution is -0.137. The van der Waals surface area contributed by atoms with Crippen molar-refractivity contribution in [2.24, 2.45) is 0 Å². The minimum Gasteiger partial charge on any atom is -0.462 e. The molecule has 2 aromatic rings. The second-order valence-corrected chi connectivity index (χ2v) is 5.33. The Kier molecular flexibility index (Phi) is 5.00. The third-order valence-corrected chi connectivity index (χ3v) is 3.56. The number of carbonyl (C=O) groups is 2.